The fraction of sp³-hybridized carbons (Fsp3) is 0.143. The monoisotopic (exact) mass is 291 g/mol. The van der Waals surface area contributed by atoms with Gasteiger partial charge in [-0.15, -0.1) is 0 Å². The number of rotatable bonds is 4. The Labute approximate surface area is 122 Å². The van der Waals surface area contributed by atoms with Gasteiger partial charge >= 0.3 is 0 Å². The van der Waals surface area contributed by atoms with Crippen LogP contribution in [-0.2, 0) is 0 Å². The molecule has 1 heterocycles. The summed E-state index contributed by atoms with van der Waals surface area (Å²) in [6.07, 6.45) is 1.70. The van der Waals surface area contributed by atoms with E-state index in [0.29, 0.717) is 15.8 Å². The van der Waals surface area contributed by atoms with Crippen LogP contribution in [0.4, 0.5) is 5.82 Å². The van der Waals surface area contributed by atoms with E-state index in [0.717, 1.165) is 11.1 Å². The van der Waals surface area contributed by atoms with Gasteiger partial charge in [0.15, 0.2) is 0 Å². The Morgan fingerprint density at radius 2 is 2.16 bits per heavy atom. The number of halogens is 1. The van der Waals surface area contributed by atoms with Crippen molar-refractivity contribution < 1.29 is 0 Å². The first-order valence-electron chi connectivity index (χ1n) is 5.84. The first-order valence-corrected chi connectivity index (χ1v) is 6.63. The van der Waals surface area contributed by atoms with E-state index in [1.807, 2.05) is 43.3 Å². The number of nitrogens with one attached hydrogen (secondary N) is 1. The van der Waals surface area contributed by atoms with E-state index >= 15 is 0 Å². The highest BCUT2D eigenvalue weighted by Crippen LogP contribution is 2.22. The van der Waals surface area contributed by atoms with Crippen LogP contribution in [0.2, 0.25) is 5.02 Å². The fourth-order valence-electron chi connectivity index (χ4n) is 1.78. The van der Waals surface area contributed by atoms with Crippen molar-refractivity contribution in [2.75, 3.05) is 5.32 Å². The number of benzene rings is 1. The molecule has 2 rings (SSSR count). The van der Waals surface area contributed by atoms with Crippen LogP contribution < -0.4 is 11.1 Å². The molecule has 3 nitrogen and oxygen atoms in total. The molecule has 1 aromatic carbocycles. The Morgan fingerprint density at radius 3 is 2.84 bits per heavy atom. The van der Waals surface area contributed by atoms with Crippen molar-refractivity contribution in [3.63, 3.8) is 0 Å². The second-order valence-corrected chi connectivity index (χ2v) is 5.06. The second kappa shape index (κ2) is 5.99. The highest BCUT2D eigenvalue weighted by Gasteiger charge is 2.10. The van der Waals surface area contributed by atoms with Gasteiger partial charge in [-0.3, -0.25) is 0 Å². The van der Waals surface area contributed by atoms with Gasteiger partial charge in [0.2, 0.25) is 0 Å². The normalized spacial score (nSPS) is 11.9. The minimum absolute atomic E-state index is 0.0571. The predicted octanol–water partition coefficient (Wildman–Crippen LogP) is 3.54. The molecule has 0 aliphatic carbocycles. The number of pyridine rings is 1. The second-order valence-electron chi connectivity index (χ2n) is 4.18. The predicted molar refractivity (Wildman–Crippen MR) is 83.6 cm³/mol. The van der Waals surface area contributed by atoms with Crippen molar-refractivity contribution in [1.82, 2.24) is 4.98 Å². The zero-order chi connectivity index (χ0) is 13.8. The molecule has 1 aromatic heterocycles. The lowest BCUT2D eigenvalue weighted by molar-refractivity contribution is 0.874. The summed E-state index contributed by atoms with van der Waals surface area (Å²) >= 11 is 11.0. The molecule has 19 heavy (non-hydrogen) atoms. The van der Waals surface area contributed by atoms with E-state index < -0.39 is 0 Å². The van der Waals surface area contributed by atoms with Crippen LogP contribution in [-0.4, -0.2) is 9.97 Å². The minimum atomic E-state index is 0.0571. The number of nitrogens with two attached hydrogens (primary N) is 1. The number of hydrogen-bond donors (Lipinski definition) is 2. The van der Waals surface area contributed by atoms with Crippen LogP contribution in [0.3, 0.4) is 0 Å². The van der Waals surface area contributed by atoms with Crippen molar-refractivity contribution in [3.8, 4) is 0 Å². The molecular formula is C14H14ClN3S. The van der Waals surface area contributed by atoms with E-state index in [1.54, 1.807) is 6.20 Å². The Hall–Kier alpha value is -1.65. The fourth-order valence-corrected chi connectivity index (χ4v) is 2.15. The average Bonchev–Trinajstić information content (AvgIpc) is 2.39. The van der Waals surface area contributed by atoms with Crippen molar-refractivity contribution in [3.05, 3.63) is 58.7 Å². The molecule has 0 saturated heterocycles. The smallest absolute Gasteiger partial charge is 0.136 e. The molecule has 1 atom stereocenters. The van der Waals surface area contributed by atoms with Crippen LogP contribution in [0.1, 0.15) is 24.1 Å². The van der Waals surface area contributed by atoms with Gasteiger partial charge in [0.25, 0.3) is 0 Å². The van der Waals surface area contributed by atoms with Crippen LogP contribution in [0.25, 0.3) is 0 Å². The summed E-state index contributed by atoms with van der Waals surface area (Å²) in [7, 11) is 0. The van der Waals surface area contributed by atoms with Crippen LogP contribution in [0.15, 0.2) is 42.6 Å². The molecule has 0 radical (unpaired) electrons. The van der Waals surface area contributed by atoms with Gasteiger partial charge in [-0.1, -0.05) is 36.0 Å². The van der Waals surface area contributed by atoms with Crippen LogP contribution >= 0.6 is 23.8 Å². The van der Waals surface area contributed by atoms with E-state index in [2.05, 4.69) is 10.3 Å². The summed E-state index contributed by atoms with van der Waals surface area (Å²) in [5.41, 5.74) is 7.50. The van der Waals surface area contributed by atoms with E-state index in [4.69, 9.17) is 29.6 Å². The maximum Gasteiger partial charge on any atom is 0.136 e. The Kier molecular flexibility index (Phi) is 4.35. The van der Waals surface area contributed by atoms with Gasteiger partial charge < -0.3 is 11.1 Å². The molecule has 0 aliphatic heterocycles. The zero-order valence-corrected chi connectivity index (χ0v) is 12.0. The van der Waals surface area contributed by atoms with Crippen molar-refractivity contribution in [1.29, 1.82) is 0 Å². The Balaban J connectivity index is 2.24. The third-order valence-electron chi connectivity index (χ3n) is 2.78. The standard InChI is InChI=1S/C14H14ClN3S/c1-9(10-4-2-5-11(15)8-10)18-14-12(13(16)19)6-3-7-17-14/h2-9H,1H3,(H2,16,19)(H,17,18). The number of aromatic nitrogens is 1. The van der Waals surface area contributed by atoms with Crippen LogP contribution in [0, 0.1) is 0 Å². The van der Waals surface area contributed by atoms with E-state index in [-0.39, 0.29) is 6.04 Å². The van der Waals surface area contributed by atoms with Crippen LogP contribution in [0.5, 0.6) is 0 Å². The largest absolute Gasteiger partial charge is 0.389 e. The van der Waals surface area contributed by atoms with E-state index in [9.17, 15) is 0 Å². The first-order chi connectivity index (χ1) is 9.08. The number of anilines is 1. The number of hydrogen-bond acceptors (Lipinski definition) is 3. The van der Waals surface area contributed by atoms with Crippen molar-refractivity contribution in [2.24, 2.45) is 5.73 Å². The molecule has 98 valence electrons. The maximum absolute atomic E-state index is 5.99. The topological polar surface area (TPSA) is 50.9 Å². The lowest BCUT2D eigenvalue weighted by Crippen LogP contribution is -2.16. The Bertz CT molecular complexity index is 601. The molecule has 0 aliphatic rings. The first kappa shape index (κ1) is 13.8. The molecule has 1 unspecified atom stereocenters. The molecular weight excluding hydrogens is 278 g/mol. The molecule has 2 aromatic rings. The van der Waals surface area contributed by atoms with Crippen molar-refractivity contribution in [2.45, 2.75) is 13.0 Å². The number of thiocarbonyl (C=S) groups is 1. The molecule has 0 amide bonds. The lowest BCUT2D eigenvalue weighted by atomic mass is 10.1. The quantitative estimate of drug-likeness (QED) is 0.846. The highest BCUT2D eigenvalue weighted by molar-refractivity contribution is 7.80. The summed E-state index contributed by atoms with van der Waals surface area (Å²) < 4.78 is 0. The molecule has 0 spiro atoms. The molecule has 5 heteroatoms. The molecule has 0 bridgehead atoms. The highest BCUT2D eigenvalue weighted by atomic mass is 35.5. The minimum Gasteiger partial charge on any atom is -0.389 e. The van der Waals surface area contributed by atoms with Gasteiger partial charge in [0.05, 0.1) is 11.6 Å². The van der Waals surface area contributed by atoms with Crippen molar-refractivity contribution >= 4 is 34.6 Å². The molecule has 0 saturated carbocycles. The summed E-state index contributed by atoms with van der Waals surface area (Å²) in [6.45, 7) is 2.03. The lowest BCUT2D eigenvalue weighted by Gasteiger charge is -2.17. The molecule has 3 N–H and O–H groups in total. The number of nitrogens with zero attached hydrogens (tertiary/aromatic N) is 1. The van der Waals surface area contributed by atoms with Gasteiger partial charge in [-0.25, -0.2) is 4.98 Å². The summed E-state index contributed by atoms with van der Waals surface area (Å²) in [5.74, 6) is 0.683. The average molecular weight is 292 g/mol. The Morgan fingerprint density at radius 1 is 1.37 bits per heavy atom. The van der Waals surface area contributed by atoms with Gasteiger partial charge in [-0.2, -0.15) is 0 Å². The SMILES string of the molecule is CC(Nc1ncccc1C(N)=S)c1cccc(Cl)c1. The van der Waals surface area contributed by atoms with E-state index in [1.165, 1.54) is 0 Å². The third kappa shape index (κ3) is 3.43. The van der Waals surface area contributed by atoms with Gasteiger partial charge in [0.1, 0.15) is 10.8 Å². The maximum atomic E-state index is 5.99. The summed E-state index contributed by atoms with van der Waals surface area (Å²) in [4.78, 5) is 4.60. The third-order valence-corrected chi connectivity index (χ3v) is 3.23. The summed E-state index contributed by atoms with van der Waals surface area (Å²) in [6, 6.07) is 11.4. The molecule has 0 fully saturated rings. The van der Waals surface area contributed by atoms with Gasteiger partial charge in [-0.05, 0) is 36.8 Å². The van der Waals surface area contributed by atoms with Gasteiger partial charge in [0, 0.05) is 11.2 Å². The zero-order valence-electron chi connectivity index (χ0n) is 10.4. The summed E-state index contributed by atoms with van der Waals surface area (Å²) in [5, 5.41) is 4.01.